The summed E-state index contributed by atoms with van der Waals surface area (Å²) in [5, 5.41) is 14.9. The van der Waals surface area contributed by atoms with E-state index >= 15 is 0 Å². The largest absolute Gasteiger partial charge is 0.508 e. The van der Waals surface area contributed by atoms with E-state index in [1.165, 1.54) is 30.3 Å². The third-order valence-corrected chi connectivity index (χ3v) is 5.86. The molecule has 0 aliphatic carbocycles. The van der Waals surface area contributed by atoms with Crippen LogP contribution in [0.4, 0.5) is 17.1 Å². The fourth-order valence-corrected chi connectivity index (χ4v) is 3.76. The van der Waals surface area contributed by atoms with Crippen LogP contribution < -0.4 is 15.5 Å². The van der Waals surface area contributed by atoms with Gasteiger partial charge in [-0.25, -0.2) is 4.90 Å². The highest BCUT2D eigenvalue weighted by Crippen LogP contribution is 2.37. The number of amides is 3. The lowest BCUT2D eigenvalue weighted by Gasteiger charge is -2.17. The van der Waals surface area contributed by atoms with Gasteiger partial charge in [-0.1, -0.05) is 53.0 Å². The number of rotatable bonds is 5. The van der Waals surface area contributed by atoms with Gasteiger partial charge in [0.25, 0.3) is 17.7 Å². The molecule has 0 unspecified atom stereocenters. The summed E-state index contributed by atoms with van der Waals surface area (Å²) in [6.07, 6.45) is 0. The smallest absolute Gasteiger partial charge is 0.283 e. The highest BCUT2D eigenvalue weighted by atomic mass is 35.5. The molecule has 10 heteroatoms. The van der Waals surface area contributed by atoms with Crippen LogP contribution in [0.25, 0.3) is 0 Å². The summed E-state index contributed by atoms with van der Waals surface area (Å²) in [6, 6.07) is 16.9. The molecule has 0 bridgehead atoms. The minimum absolute atomic E-state index is 0.0126. The molecule has 33 heavy (non-hydrogen) atoms. The van der Waals surface area contributed by atoms with Crippen molar-refractivity contribution in [3.63, 3.8) is 0 Å². The van der Waals surface area contributed by atoms with Crippen molar-refractivity contribution in [2.75, 3.05) is 15.5 Å². The van der Waals surface area contributed by atoms with E-state index in [0.29, 0.717) is 11.4 Å². The number of phenolic OH excluding ortho intramolecular Hbond substituents is 1. The van der Waals surface area contributed by atoms with E-state index in [4.69, 9.17) is 34.8 Å². The van der Waals surface area contributed by atoms with Crippen molar-refractivity contribution in [3.05, 3.63) is 93.1 Å². The lowest BCUT2D eigenvalue weighted by molar-refractivity contribution is -0.120. The van der Waals surface area contributed by atoms with E-state index in [1.54, 1.807) is 36.4 Å². The normalized spacial score (nSPS) is 13.5. The first-order chi connectivity index (χ1) is 15.8. The Morgan fingerprint density at radius 1 is 0.848 bits per heavy atom. The van der Waals surface area contributed by atoms with Crippen LogP contribution in [0.15, 0.2) is 77.5 Å². The number of imide groups is 1. The van der Waals surface area contributed by atoms with Gasteiger partial charge in [0, 0.05) is 23.0 Å². The van der Waals surface area contributed by atoms with Crippen molar-refractivity contribution in [2.45, 2.75) is 0 Å². The first-order valence-corrected chi connectivity index (χ1v) is 10.6. The number of carbonyl (C=O) groups excluding carboxylic acids is 3. The molecule has 4 rings (SSSR count). The second kappa shape index (κ2) is 9.15. The number of aromatic hydroxyl groups is 1. The zero-order valence-electron chi connectivity index (χ0n) is 16.6. The van der Waals surface area contributed by atoms with Gasteiger partial charge in [-0.2, -0.15) is 0 Å². The molecule has 0 radical (unpaired) electrons. The average Bonchev–Trinajstić information content (AvgIpc) is 2.99. The van der Waals surface area contributed by atoms with Crippen LogP contribution in [-0.2, 0) is 9.59 Å². The van der Waals surface area contributed by atoms with Crippen LogP contribution in [0, 0.1) is 0 Å². The van der Waals surface area contributed by atoms with E-state index in [-0.39, 0.29) is 37.8 Å². The number of halogens is 3. The molecule has 7 nitrogen and oxygen atoms in total. The molecular weight excluding hydrogens is 489 g/mol. The number of carbonyl (C=O) groups is 3. The predicted molar refractivity (Wildman–Crippen MR) is 128 cm³/mol. The molecule has 3 aromatic carbocycles. The molecular formula is C23H14Cl3N3O4. The monoisotopic (exact) mass is 501 g/mol. The maximum Gasteiger partial charge on any atom is 0.283 e. The maximum atomic E-state index is 13.0. The maximum absolute atomic E-state index is 13.0. The number of hydrogen-bond donors (Lipinski definition) is 3. The second-order valence-corrected chi connectivity index (χ2v) is 8.08. The number of nitrogens with one attached hydrogen (secondary N) is 2. The van der Waals surface area contributed by atoms with Crippen molar-refractivity contribution in [1.82, 2.24) is 0 Å². The molecule has 0 atom stereocenters. The molecule has 1 aliphatic rings. The van der Waals surface area contributed by atoms with Gasteiger partial charge >= 0.3 is 0 Å². The standard InChI is InChI=1S/C23H14Cl3N3O4/c24-16-8-3-9-17(18(16)25)29-22(32)19(26)20(23(29)33)27-13-5-1-4-12(10-13)21(31)28-14-6-2-7-15(30)11-14/h1-11,27,30H,(H,28,31). The quantitative estimate of drug-likeness (QED) is 0.407. The third-order valence-electron chi connectivity index (χ3n) is 4.70. The Kier molecular flexibility index (Phi) is 6.29. The molecule has 1 aliphatic heterocycles. The topological polar surface area (TPSA) is 98.7 Å². The van der Waals surface area contributed by atoms with Crippen molar-refractivity contribution in [2.24, 2.45) is 0 Å². The van der Waals surface area contributed by atoms with Gasteiger partial charge in [0.05, 0.1) is 15.7 Å². The number of hydrogen-bond acceptors (Lipinski definition) is 5. The number of anilines is 3. The van der Waals surface area contributed by atoms with E-state index in [1.807, 2.05) is 0 Å². The Morgan fingerprint density at radius 3 is 2.30 bits per heavy atom. The van der Waals surface area contributed by atoms with Gasteiger partial charge in [-0.15, -0.1) is 0 Å². The SMILES string of the molecule is O=C(Nc1cccc(O)c1)c1cccc(NC2=C(Cl)C(=O)N(c3cccc(Cl)c3Cl)C2=O)c1. The van der Waals surface area contributed by atoms with E-state index in [9.17, 15) is 19.5 Å². The zero-order valence-corrected chi connectivity index (χ0v) is 18.9. The van der Waals surface area contributed by atoms with Crippen LogP contribution in [0.3, 0.4) is 0 Å². The van der Waals surface area contributed by atoms with Gasteiger partial charge in [0.2, 0.25) is 0 Å². The summed E-state index contributed by atoms with van der Waals surface area (Å²) in [6.45, 7) is 0. The molecule has 166 valence electrons. The fraction of sp³-hybridized carbons (Fsp3) is 0. The first kappa shape index (κ1) is 22.7. The van der Waals surface area contributed by atoms with Crippen LogP contribution in [0.2, 0.25) is 10.0 Å². The molecule has 0 saturated heterocycles. The van der Waals surface area contributed by atoms with Gasteiger partial charge < -0.3 is 15.7 Å². The van der Waals surface area contributed by atoms with Crippen molar-refractivity contribution in [1.29, 1.82) is 0 Å². The summed E-state index contributed by atoms with van der Waals surface area (Å²) in [7, 11) is 0. The van der Waals surface area contributed by atoms with Gasteiger partial charge in [-0.05, 0) is 42.5 Å². The van der Waals surface area contributed by atoms with E-state index in [2.05, 4.69) is 10.6 Å². The molecule has 1 heterocycles. The molecule has 3 N–H and O–H groups in total. The van der Waals surface area contributed by atoms with Crippen LogP contribution in [0.5, 0.6) is 5.75 Å². The minimum atomic E-state index is -0.758. The highest BCUT2D eigenvalue weighted by Gasteiger charge is 2.40. The summed E-state index contributed by atoms with van der Waals surface area (Å²) in [4.78, 5) is 39.1. The zero-order chi connectivity index (χ0) is 23.7. The Labute approximate surface area is 203 Å². The van der Waals surface area contributed by atoms with Crippen LogP contribution in [-0.4, -0.2) is 22.8 Å². The summed E-state index contributed by atoms with van der Waals surface area (Å²) in [5.41, 5.74) is 0.977. The average molecular weight is 503 g/mol. The molecule has 0 fully saturated rings. The molecule has 0 spiro atoms. The van der Waals surface area contributed by atoms with Crippen LogP contribution in [0.1, 0.15) is 10.4 Å². The number of nitrogens with zero attached hydrogens (tertiary/aromatic N) is 1. The Bertz CT molecular complexity index is 1340. The fourth-order valence-electron chi connectivity index (χ4n) is 3.16. The number of phenols is 1. The molecule has 0 aromatic heterocycles. The lowest BCUT2D eigenvalue weighted by atomic mass is 10.1. The highest BCUT2D eigenvalue weighted by molar-refractivity contribution is 6.54. The summed E-state index contributed by atoms with van der Waals surface area (Å²) >= 11 is 18.3. The van der Waals surface area contributed by atoms with Crippen molar-refractivity contribution >= 4 is 69.6 Å². The molecule has 0 saturated carbocycles. The molecule has 3 amide bonds. The van der Waals surface area contributed by atoms with Crippen molar-refractivity contribution in [3.8, 4) is 5.75 Å². The van der Waals surface area contributed by atoms with Gasteiger partial charge in [-0.3, -0.25) is 14.4 Å². The number of benzene rings is 3. The predicted octanol–water partition coefficient (Wildman–Crippen LogP) is 5.39. The Balaban J connectivity index is 1.56. The second-order valence-electron chi connectivity index (χ2n) is 6.92. The van der Waals surface area contributed by atoms with E-state index in [0.717, 1.165) is 4.90 Å². The Hall–Kier alpha value is -3.52. The Morgan fingerprint density at radius 2 is 1.55 bits per heavy atom. The van der Waals surface area contributed by atoms with Gasteiger partial charge in [0.1, 0.15) is 16.5 Å². The first-order valence-electron chi connectivity index (χ1n) is 9.46. The summed E-state index contributed by atoms with van der Waals surface area (Å²) < 4.78 is 0. The molecule has 3 aromatic rings. The van der Waals surface area contributed by atoms with E-state index < -0.39 is 17.7 Å². The summed E-state index contributed by atoms with van der Waals surface area (Å²) in [5.74, 6) is -1.90. The lowest BCUT2D eigenvalue weighted by Crippen LogP contribution is -2.32. The minimum Gasteiger partial charge on any atom is -0.508 e. The van der Waals surface area contributed by atoms with Crippen LogP contribution >= 0.6 is 34.8 Å². The van der Waals surface area contributed by atoms with Crippen molar-refractivity contribution < 1.29 is 19.5 Å². The third kappa shape index (κ3) is 4.52. The van der Waals surface area contributed by atoms with Gasteiger partial charge in [0.15, 0.2) is 0 Å².